The number of imidazole rings is 1. The summed E-state index contributed by atoms with van der Waals surface area (Å²) in [4.78, 5) is 17.5. The van der Waals surface area contributed by atoms with E-state index in [2.05, 4.69) is 25.3 Å². The molecule has 0 bridgehead atoms. The maximum absolute atomic E-state index is 12.7. The van der Waals surface area contributed by atoms with Crippen LogP contribution < -0.4 is 5.32 Å². The van der Waals surface area contributed by atoms with Gasteiger partial charge < -0.3 is 5.32 Å². The lowest BCUT2D eigenvalue weighted by Crippen LogP contribution is -2.06. The molecule has 0 aliphatic heterocycles. The van der Waals surface area contributed by atoms with E-state index in [-0.39, 0.29) is 0 Å². The number of halogens is 3. The van der Waals surface area contributed by atoms with Gasteiger partial charge in [0.15, 0.2) is 17.3 Å². The molecule has 1 N–H and O–H groups in total. The summed E-state index contributed by atoms with van der Waals surface area (Å²) >= 11 is 0. The van der Waals surface area contributed by atoms with Crippen molar-refractivity contribution in [3.05, 3.63) is 66.4 Å². The lowest BCUT2D eigenvalue weighted by molar-refractivity contribution is -0.137. The molecule has 3 aromatic heterocycles. The van der Waals surface area contributed by atoms with Crippen LogP contribution in [-0.4, -0.2) is 24.5 Å². The first-order chi connectivity index (χ1) is 13.5. The second-order valence-electron chi connectivity index (χ2n) is 6.03. The molecule has 142 valence electrons. The summed E-state index contributed by atoms with van der Waals surface area (Å²) in [6.45, 7) is 1.98. The van der Waals surface area contributed by atoms with Crippen molar-refractivity contribution < 1.29 is 13.2 Å². The van der Waals surface area contributed by atoms with Crippen molar-refractivity contribution in [1.82, 2.24) is 24.5 Å². The number of fused-ring (bicyclic) bond motifs is 1. The van der Waals surface area contributed by atoms with Gasteiger partial charge in [-0.3, -0.25) is 9.55 Å². The Kier molecular flexibility index (Phi) is 4.42. The lowest BCUT2D eigenvalue weighted by atomic mass is 10.2. The second-order valence-corrected chi connectivity index (χ2v) is 6.03. The van der Waals surface area contributed by atoms with Gasteiger partial charge in [-0.15, -0.1) is 0 Å². The van der Waals surface area contributed by atoms with Crippen molar-refractivity contribution >= 4 is 22.7 Å². The van der Waals surface area contributed by atoms with Crippen LogP contribution >= 0.6 is 0 Å². The summed E-state index contributed by atoms with van der Waals surface area (Å²) in [5.41, 5.74) is 1.19. The van der Waals surface area contributed by atoms with Crippen LogP contribution in [-0.2, 0) is 12.6 Å². The zero-order valence-corrected chi connectivity index (χ0v) is 14.8. The van der Waals surface area contributed by atoms with Crippen molar-refractivity contribution in [1.29, 1.82) is 0 Å². The highest BCUT2D eigenvalue weighted by Crippen LogP contribution is 2.30. The average Bonchev–Trinajstić information content (AvgIpc) is 3.06. The van der Waals surface area contributed by atoms with Crippen molar-refractivity contribution in [2.45, 2.75) is 19.5 Å². The highest BCUT2D eigenvalue weighted by atomic mass is 19.4. The first-order valence-electron chi connectivity index (χ1n) is 8.55. The average molecular weight is 384 g/mol. The third-order valence-corrected chi connectivity index (χ3v) is 4.15. The number of aromatic nitrogens is 5. The summed E-state index contributed by atoms with van der Waals surface area (Å²) in [5.74, 6) is 1.74. The summed E-state index contributed by atoms with van der Waals surface area (Å²) in [5, 5.41) is 2.98. The second kappa shape index (κ2) is 6.91. The molecule has 0 saturated heterocycles. The SMILES string of the molecule is CCc1nc2ncccc2n1-c1cncc(Nc2ccc(C(F)(F)F)cc2)n1. The topological polar surface area (TPSA) is 68.5 Å². The minimum Gasteiger partial charge on any atom is -0.339 e. The Hall–Kier alpha value is -3.49. The van der Waals surface area contributed by atoms with Gasteiger partial charge in [0.2, 0.25) is 0 Å². The number of anilines is 2. The molecule has 4 aromatic rings. The zero-order chi connectivity index (χ0) is 19.7. The van der Waals surface area contributed by atoms with Gasteiger partial charge in [0, 0.05) is 18.3 Å². The fourth-order valence-corrected chi connectivity index (χ4v) is 2.87. The number of nitrogens with zero attached hydrogens (tertiary/aromatic N) is 5. The van der Waals surface area contributed by atoms with Gasteiger partial charge in [-0.2, -0.15) is 13.2 Å². The Morgan fingerprint density at radius 1 is 1.04 bits per heavy atom. The molecule has 4 rings (SSSR count). The van der Waals surface area contributed by atoms with Gasteiger partial charge >= 0.3 is 6.18 Å². The molecule has 0 unspecified atom stereocenters. The van der Waals surface area contributed by atoms with Gasteiger partial charge in [-0.25, -0.2) is 15.0 Å². The molecule has 0 fully saturated rings. The normalized spacial score (nSPS) is 11.7. The third-order valence-electron chi connectivity index (χ3n) is 4.15. The van der Waals surface area contributed by atoms with Crippen LogP contribution in [0, 0.1) is 0 Å². The summed E-state index contributed by atoms with van der Waals surface area (Å²) in [7, 11) is 0. The molecular formula is C19H15F3N6. The van der Waals surface area contributed by atoms with Crippen LogP contribution in [0.2, 0.25) is 0 Å². The number of hydrogen-bond acceptors (Lipinski definition) is 5. The molecule has 0 aliphatic rings. The Labute approximate surface area is 158 Å². The van der Waals surface area contributed by atoms with E-state index < -0.39 is 11.7 Å². The van der Waals surface area contributed by atoms with Gasteiger partial charge in [-0.1, -0.05) is 6.92 Å². The van der Waals surface area contributed by atoms with Gasteiger partial charge in [0.1, 0.15) is 5.82 Å². The first-order valence-corrected chi connectivity index (χ1v) is 8.55. The molecule has 28 heavy (non-hydrogen) atoms. The van der Waals surface area contributed by atoms with Crippen molar-refractivity contribution in [2.24, 2.45) is 0 Å². The molecular weight excluding hydrogens is 369 g/mol. The van der Waals surface area contributed by atoms with E-state index in [4.69, 9.17) is 0 Å². The lowest BCUT2D eigenvalue weighted by Gasteiger charge is -2.11. The largest absolute Gasteiger partial charge is 0.416 e. The molecule has 3 heterocycles. The van der Waals surface area contributed by atoms with Crippen molar-refractivity contribution in [3.63, 3.8) is 0 Å². The van der Waals surface area contributed by atoms with E-state index in [1.807, 2.05) is 23.6 Å². The van der Waals surface area contributed by atoms with E-state index >= 15 is 0 Å². The van der Waals surface area contributed by atoms with Crippen LogP contribution in [0.15, 0.2) is 55.0 Å². The molecule has 0 aliphatic carbocycles. The maximum Gasteiger partial charge on any atom is 0.416 e. The predicted octanol–water partition coefficient (Wildman–Crippen LogP) is 4.54. The highest BCUT2D eigenvalue weighted by molar-refractivity contribution is 5.73. The predicted molar refractivity (Wildman–Crippen MR) is 98.6 cm³/mol. The van der Waals surface area contributed by atoms with Gasteiger partial charge in [0.25, 0.3) is 0 Å². The maximum atomic E-state index is 12.7. The number of alkyl halides is 3. The highest BCUT2D eigenvalue weighted by Gasteiger charge is 2.29. The monoisotopic (exact) mass is 384 g/mol. The van der Waals surface area contributed by atoms with E-state index in [0.29, 0.717) is 29.4 Å². The Bertz CT molecular complexity index is 1120. The molecule has 6 nitrogen and oxygen atoms in total. The quantitative estimate of drug-likeness (QED) is 0.560. The van der Waals surface area contributed by atoms with E-state index in [1.165, 1.54) is 18.3 Å². The van der Waals surface area contributed by atoms with E-state index in [9.17, 15) is 13.2 Å². The smallest absolute Gasteiger partial charge is 0.339 e. The summed E-state index contributed by atoms with van der Waals surface area (Å²) in [6.07, 6.45) is 1.09. The van der Waals surface area contributed by atoms with Crippen LogP contribution in [0.1, 0.15) is 18.3 Å². The van der Waals surface area contributed by atoms with E-state index in [1.54, 1.807) is 12.4 Å². The zero-order valence-electron chi connectivity index (χ0n) is 14.8. The number of rotatable bonds is 4. The minimum absolute atomic E-state index is 0.407. The minimum atomic E-state index is -4.37. The first kappa shape index (κ1) is 17.9. The Morgan fingerprint density at radius 2 is 1.82 bits per heavy atom. The number of pyridine rings is 1. The van der Waals surface area contributed by atoms with Crippen molar-refractivity contribution in [3.8, 4) is 5.82 Å². The van der Waals surface area contributed by atoms with Crippen LogP contribution in [0.25, 0.3) is 17.0 Å². The summed E-state index contributed by atoms with van der Waals surface area (Å²) < 4.78 is 40.0. The van der Waals surface area contributed by atoms with Gasteiger partial charge in [0.05, 0.1) is 23.5 Å². The Balaban J connectivity index is 1.68. The molecule has 0 saturated carbocycles. The fraction of sp³-hybridized carbons (Fsp3) is 0.158. The molecule has 0 spiro atoms. The molecule has 1 aromatic carbocycles. The third kappa shape index (κ3) is 3.38. The van der Waals surface area contributed by atoms with E-state index in [0.717, 1.165) is 23.5 Å². The standard InChI is InChI=1S/C19H15F3N6/c1-2-16-27-18-14(4-3-9-24-18)28(16)17-11-23-10-15(26-17)25-13-7-5-12(6-8-13)19(20,21)22/h3-11H,2H2,1H3,(H,25,26). The molecule has 0 atom stereocenters. The van der Waals surface area contributed by atoms with Crippen LogP contribution in [0.5, 0.6) is 0 Å². The van der Waals surface area contributed by atoms with Gasteiger partial charge in [-0.05, 0) is 36.4 Å². The molecule has 0 amide bonds. The van der Waals surface area contributed by atoms with Crippen LogP contribution in [0.4, 0.5) is 24.7 Å². The van der Waals surface area contributed by atoms with Crippen molar-refractivity contribution in [2.75, 3.05) is 5.32 Å². The molecule has 9 heteroatoms. The fourth-order valence-electron chi connectivity index (χ4n) is 2.87. The van der Waals surface area contributed by atoms with Crippen LogP contribution in [0.3, 0.4) is 0 Å². The number of nitrogens with one attached hydrogen (secondary N) is 1. The number of aryl methyl sites for hydroxylation is 1. The molecule has 0 radical (unpaired) electrons. The Morgan fingerprint density at radius 3 is 2.54 bits per heavy atom. The summed E-state index contributed by atoms with van der Waals surface area (Å²) in [6, 6.07) is 8.45. The number of hydrogen-bond donors (Lipinski definition) is 1. The number of benzene rings is 1.